The lowest BCUT2D eigenvalue weighted by Gasteiger charge is -2.05. The second-order valence-corrected chi connectivity index (χ2v) is 5.50. The van der Waals surface area contributed by atoms with Crippen molar-refractivity contribution in [3.8, 4) is 5.69 Å². The van der Waals surface area contributed by atoms with Crippen molar-refractivity contribution in [3.05, 3.63) is 51.8 Å². The van der Waals surface area contributed by atoms with E-state index in [9.17, 15) is 10.1 Å². The quantitative estimate of drug-likeness (QED) is 0.655. The first kappa shape index (κ1) is 15.2. The molecule has 0 atom stereocenters. The Morgan fingerprint density at radius 2 is 2.14 bits per heavy atom. The molecule has 1 aromatic carbocycles. The molecule has 0 saturated heterocycles. The number of aryl methyl sites for hydroxylation is 1. The van der Waals surface area contributed by atoms with Gasteiger partial charge in [-0.25, -0.2) is 4.68 Å². The van der Waals surface area contributed by atoms with Gasteiger partial charge in [0.05, 0.1) is 16.3 Å². The smallest absolute Gasteiger partial charge is 0.272 e. The molecule has 0 amide bonds. The highest BCUT2D eigenvalue weighted by atomic mass is 16.6. The SMILES string of the molecule is Cc1cc(-n2ccc(CNCC(C)C)n2)ccc1[N+](=O)[O-]. The van der Waals surface area contributed by atoms with Crippen LogP contribution in [0.25, 0.3) is 5.69 Å². The molecule has 2 aromatic rings. The van der Waals surface area contributed by atoms with E-state index in [0.717, 1.165) is 24.5 Å². The van der Waals surface area contributed by atoms with Crippen molar-refractivity contribution < 1.29 is 4.92 Å². The van der Waals surface area contributed by atoms with E-state index in [4.69, 9.17) is 0 Å². The van der Waals surface area contributed by atoms with Crippen LogP contribution in [0.5, 0.6) is 0 Å². The Balaban J connectivity index is 2.10. The zero-order valence-corrected chi connectivity index (χ0v) is 12.5. The van der Waals surface area contributed by atoms with E-state index >= 15 is 0 Å². The van der Waals surface area contributed by atoms with E-state index in [1.807, 2.05) is 12.3 Å². The molecule has 1 heterocycles. The predicted molar refractivity (Wildman–Crippen MR) is 81.5 cm³/mol. The molecule has 0 bridgehead atoms. The summed E-state index contributed by atoms with van der Waals surface area (Å²) in [7, 11) is 0. The highest BCUT2D eigenvalue weighted by molar-refractivity contribution is 5.47. The maximum Gasteiger partial charge on any atom is 0.272 e. The van der Waals surface area contributed by atoms with E-state index in [0.29, 0.717) is 11.5 Å². The molecule has 0 aliphatic heterocycles. The van der Waals surface area contributed by atoms with Crippen LogP contribution in [0, 0.1) is 23.0 Å². The van der Waals surface area contributed by atoms with Crippen molar-refractivity contribution in [1.82, 2.24) is 15.1 Å². The third-order valence-electron chi connectivity index (χ3n) is 3.14. The van der Waals surface area contributed by atoms with Gasteiger partial charge in [-0.15, -0.1) is 0 Å². The predicted octanol–water partition coefficient (Wildman–Crippen LogP) is 2.83. The lowest BCUT2D eigenvalue weighted by molar-refractivity contribution is -0.385. The van der Waals surface area contributed by atoms with E-state index in [-0.39, 0.29) is 10.6 Å². The topological polar surface area (TPSA) is 73.0 Å². The fourth-order valence-electron chi connectivity index (χ4n) is 2.08. The molecule has 0 aliphatic carbocycles. The van der Waals surface area contributed by atoms with Gasteiger partial charge in [0.2, 0.25) is 0 Å². The van der Waals surface area contributed by atoms with Gasteiger partial charge in [-0.3, -0.25) is 10.1 Å². The van der Waals surface area contributed by atoms with Crippen molar-refractivity contribution >= 4 is 5.69 Å². The molecule has 112 valence electrons. The molecule has 21 heavy (non-hydrogen) atoms. The van der Waals surface area contributed by atoms with Crippen LogP contribution in [0.2, 0.25) is 0 Å². The van der Waals surface area contributed by atoms with Crippen LogP contribution in [-0.4, -0.2) is 21.2 Å². The van der Waals surface area contributed by atoms with Gasteiger partial charge in [0.1, 0.15) is 0 Å². The monoisotopic (exact) mass is 288 g/mol. The second-order valence-electron chi connectivity index (χ2n) is 5.50. The summed E-state index contributed by atoms with van der Waals surface area (Å²) in [4.78, 5) is 10.5. The summed E-state index contributed by atoms with van der Waals surface area (Å²) < 4.78 is 1.74. The lowest BCUT2D eigenvalue weighted by atomic mass is 10.2. The van der Waals surface area contributed by atoms with Crippen LogP contribution in [0.4, 0.5) is 5.69 Å². The third-order valence-corrected chi connectivity index (χ3v) is 3.14. The Kier molecular flexibility index (Phi) is 4.70. The van der Waals surface area contributed by atoms with Crippen LogP contribution >= 0.6 is 0 Å². The lowest BCUT2D eigenvalue weighted by Crippen LogP contribution is -2.19. The summed E-state index contributed by atoms with van der Waals surface area (Å²) in [6.07, 6.45) is 1.87. The maximum absolute atomic E-state index is 10.8. The Hall–Kier alpha value is -2.21. The standard InChI is InChI=1S/C15H20N4O2/c1-11(2)9-16-10-13-6-7-18(17-13)14-4-5-15(19(20)21)12(3)8-14/h4-8,11,16H,9-10H2,1-3H3. The number of hydrogen-bond acceptors (Lipinski definition) is 4. The van der Waals surface area contributed by atoms with Crippen LogP contribution in [-0.2, 0) is 6.54 Å². The number of nitrogens with one attached hydrogen (secondary N) is 1. The normalized spacial score (nSPS) is 11.0. The zero-order chi connectivity index (χ0) is 15.4. The second kappa shape index (κ2) is 6.49. The Labute approximate surface area is 123 Å². The summed E-state index contributed by atoms with van der Waals surface area (Å²) in [6, 6.07) is 6.95. The number of rotatable bonds is 6. The average molecular weight is 288 g/mol. The molecular formula is C15H20N4O2. The van der Waals surface area contributed by atoms with E-state index in [1.165, 1.54) is 6.07 Å². The largest absolute Gasteiger partial charge is 0.311 e. The molecule has 0 fully saturated rings. The molecule has 2 rings (SSSR count). The van der Waals surface area contributed by atoms with E-state index < -0.39 is 0 Å². The fraction of sp³-hybridized carbons (Fsp3) is 0.400. The molecule has 1 aromatic heterocycles. The molecular weight excluding hydrogens is 268 g/mol. The number of aromatic nitrogens is 2. The van der Waals surface area contributed by atoms with Crippen LogP contribution in [0.3, 0.4) is 0 Å². The summed E-state index contributed by atoms with van der Waals surface area (Å²) in [6.45, 7) is 7.72. The highest BCUT2D eigenvalue weighted by Gasteiger charge is 2.11. The zero-order valence-electron chi connectivity index (χ0n) is 12.5. The van der Waals surface area contributed by atoms with Gasteiger partial charge in [-0.2, -0.15) is 5.10 Å². The molecule has 0 aliphatic rings. The number of nitro benzene ring substituents is 1. The number of nitro groups is 1. The van der Waals surface area contributed by atoms with Crippen molar-refractivity contribution in [3.63, 3.8) is 0 Å². The van der Waals surface area contributed by atoms with E-state index in [2.05, 4.69) is 24.3 Å². The van der Waals surface area contributed by atoms with Gasteiger partial charge >= 0.3 is 0 Å². The van der Waals surface area contributed by atoms with Crippen LogP contribution in [0.15, 0.2) is 30.5 Å². The third kappa shape index (κ3) is 3.88. The maximum atomic E-state index is 10.8. The molecule has 6 nitrogen and oxygen atoms in total. The first-order valence-corrected chi connectivity index (χ1v) is 6.98. The van der Waals surface area contributed by atoms with Gasteiger partial charge in [0, 0.05) is 24.4 Å². The minimum Gasteiger partial charge on any atom is -0.311 e. The van der Waals surface area contributed by atoms with Crippen molar-refractivity contribution in [2.45, 2.75) is 27.3 Å². The minimum absolute atomic E-state index is 0.129. The first-order chi connectivity index (χ1) is 9.97. The van der Waals surface area contributed by atoms with Crippen LogP contribution in [0.1, 0.15) is 25.1 Å². The first-order valence-electron chi connectivity index (χ1n) is 6.98. The number of benzene rings is 1. The van der Waals surface area contributed by atoms with Gasteiger partial charge in [0.25, 0.3) is 5.69 Å². The van der Waals surface area contributed by atoms with Gasteiger partial charge in [0.15, 0.2) is 0 Å². The molecule has 0 saturated carbocycles. The van der Waals surface area contributed by atoms with Crippen LogP contribution < -0.4 is 5.32 Å². The molecule has 1 N–H and O–H groups in total. The van der Waals surface area contributed by atoms with Crippen molar-refractivity contribution in [2.75, 3.05) is 6.54 Å². The van der Waals surface area contributed by atoms with Gasteiger partial charge in [-0.1, -0.05) is 13.8 Å². The number of hydrogen-bond donors (Lipinski definition) is 1. The minimum atomic E-state index is -0.372. The number of nitrogens with zero attached hydrogens (tertiary/aromatic N) is 3. The molecule has 0 radical (unpaired) electrons. The van der Waals surface area contributed by atoms with E-state index in [1.54, 1.807) is 23.7 Å². The Morgan fingerprint density at radius 1 is 1.38 bits per heavy atom. The summed E-state index contributed by atoms with van der Waals surface area (Å²) in [5.74, 6) is 0.601. The average Bonchev–Trinajstić information content (AvgIpc) is 2.86. The van der Waals surface area contributed by atoms with Gasteiger partial charge < -0.3 is 5.32 Å². The Bertz CT molecular complexity index is 634. The molecule has 0 unspecified atom stereocenters. The highest BCUT2D eigenvalue weighted by Crippen LogP contribution is 2.20. The van der Waals surface area contributed by atoms with Crippen molar-refractivity contribution in [2.24, 2.45) is 5.92 Å². The fourth-order valence-corrected chi connectivity index (χ4v) is 2.08. The molecule has 0 spiro atoms. The summed E-state index contributed by atoms with van der Waals surface area (Å²) in [5, 5.41) is 18.6. The summed E-state index contributed by atoms with van der Waals surface area (Å²) in [5.41, 5.74) is 2.54. The van der Waals surface area contributed by atoms with Gasteiger partial charge in [-0.05, 0) is 37.6 Å². The summed E-state index contributed by atoms with van der Waals surface area (Å²) >= 11 is 0. The Morgan fingerprint density at radius 3 is 2.76 bits per heavy atom. The van der Waals surface area contributed by atoms with Crippen molar-refractivity contribution in [1.29, 1.82) is 0 Å². The molecule has 6 heteroatoms.